The lowest BCUT2D eigenvalue weighted by molar-refractivity contribution is 0.122. The first-order valence-corrected chi connectivity index (χ1v) is 6.56. The van der Waals surface area contributed by atoms with Crippen LogP contribution in [0.1, 0.15) is 56.1 Å². The van der Waals surface area contributed by atoms with E-state index in [9.17, 15) is 5.11 Å². The summed E-state index contributed by atoms with van der Waals surface area (Å²) in [5.74, 6) is 0.680. The van der Waals surface area contributed by atoms with E-state index < -0.39 is 0 Å². The number of aryl methyl sites for hydroxylation is 1. The van der Waals surface area contributed by atoms with E-state index in [1.54, 1.807) is 0 Å². The molecule has 1 heteroatoms. The van der Waals surface area contributed by atoms with Crippen molar-refractivity contribution in [2.45, 2.75) is 57.5 Å². The summed E-state index contributed by atoms with van der Waals surface area (Å²) < 4.78 is 0. The van der Waals surface area contributed by atoms with Gasteiger partial charge in [0.2, 0.25) is 0 Å². The van der Waals surface area contributed by atoms with Crippen LogP contribution in [0.15, 0.2) is 24.3 Å². The Morgan fingerprint density at radius 1 is 1.06 bits per heavy atom. The highest BCUT2D eigenvalue weighted by atomic mass is 16.3. The number of hydrogen-bond donors (Lipinski definition) is 1. The third-order valence-electron chi connectivity index (χ3n) is 3.69. The Balaban J connectivity index is 1.98. The molecular weight excluding hydrogens is 196 g/mol. The largest absolute Gasteiger partial charge is 0.393 e. The Kier molecular flexibility index (Phi) is 4.00. The summed E-state index contributed by atoms with van der Waals surface area (Å²) in [7, 11) is 0. The average molecular weight is 218 g/mol. The molecule has 1 aromatic carbocycles. The molecule has 1 aromatic rings. The third-order valence-corrected chi connectivity index (χ3v) is 3.69. The number of aliphatic hydroxyl groups is 1. The highest BCUT2D eigenvalue weighted by molar-refractivity contribution is 5.25. The van der Waals surface area contributed by atoms with Crippen molar-refractivity contribution in [2.24, 2.45) is 0 Å². The predicted octanol–water partition coefficient (Wildman–Crippen LogP) is 3.66. The van der Waals surface area contributed by atoms with E-state index in [-0.39, 0.29) is 6.10 Å². The van der Waals surface area contributed by atoms with Crippen molar-refractivity contribution in [1.82, 2.24) is 0 Å². The van der Waals surface area contributed by atoms with Gasteiger partial charge in [-0.15, -0.1) is 0 Å². The van der Waals surface area contributed by atoms with Gasteiger partial charge in [-0.3, -0.25) is 0 Å². The Morgan fingerprint density at radius 3 is 2.25 bits per heavy atom. The van der Waals surface area contributed by atoms with Crippen molar-refractivity contribution in [1.29, 1.82) is 0 Å². The molecule has 0 aromatic heterocycles. The SMILES string of the molecule is CCCc1ccc(C2CCC(O)CC2)cc1. The second-order valence-electron chi connectivity index (χ2n) is 5.00. The molecule has 1 fully saturated rings. The van der Waals surface area contributed by atoms with Crippen molar-refractivity contribution < 1.29 is 5.11 Å². The topological polar surface area (TPSA) is 20.2 Å². The van der Waals surface area contributed by atoms with Crippen LogP contribution in [0.5, 0.6) is 0 Å². The quantitative estimate of drug-likeness (QED) is 0.821. The lowest BCUT2D eigenvalue weighted by atomic mass is 9.82. The van der Waals surface area contributed by atoms with Gasteiger partial charge in [0.05, 0.1) is 6.10 Å². The highest BCUT2D eigenvalue weighted by Gasteiger charge is 2.20. The van der Waals surface area contributed by atoms with E-state index in [1.807, 2.05) is 0 Å². The molecule has 16 heavy (non-hydrogen) atoms. The van der Waals surface area contributed by atoms with Gasteiger partial charge >= 0.3 is 0 Å². The maximum absolute atomic E-state index is 9.49. The zero-order chi connectivity index (χ0) is 11.4. The lowest BCUT2D eigenvalue weighted by Gasteiger charge is -2.25. The minimum absolute atomic E-state index is 0.0457. The van der Waals surface area contributed by atoms with Crippen LogP contribution in [0.2, 0.25) is 0 Å². The lowest BCUT2D eigenvalue weighted by Crippen LogP contribution is -2.16. The normalized spacial score (nSPS) is 25.6. The minimum Gasteiger partial charge on any atom is -0.393 e. The molecule has 0 aliphatic heterocycles. The predicted molar refractivity (Wildman–Crippen MR) is 67.7 cm³/mol. The third kappa shape index (κ3) is 2.85. The fourth-order valence-electron chi connectivity index (χ4n) is 2.65. The van der Waals surface area contributed by atoms with Crippen LogP contribution in [-0.2, 0) is 6.42 Å². The van der Waals surface area contributed by atoms with E-state index in [1.165, 1.54) is 24.0 Å². The van der Waals surface area contributed by atoms with Gasteiger partial charge in [-0.05, 0) is 49.1 Å². The summed E-state index contributed by atoms with van der Waals surface area (Å²) in [5.41, 5.74) is 2.91. The van der Waals surface area contributed by atoms with Gasteiger partial charge in [0.25, 0.3) is 0 Å². The molecule has 1 aliphatic carbocycles. The molecule has 1 aliphatic rings. The molecule has 1 nitrogen and oxygen atoms in total. The van der Waals surface area contributed by atoms with Gasteiger partial charge in [0.1, 0.15) is 0 Å². The first kappa shape index (κ1) is 11.7. The zero-order valence-electron chi connectivity index (χ0n) is 10.2. The number of rotatable bonds is 3. The van der Waals surface area contributed by atoms with Crippen molar-refractivity contribution in [3.63, 3.8) is 0 Å². The van der Waals surface area contributed by atoms with Gasteiger partial charge in [0.15, 0.2) is 0 Å². The minimum atomic E-state index is -0.0457. The molecule has 0 atom stereocenters. The summed E-state index contributed by atoms with van der Waals surface area (Å²) in [4.78, 5) is 0. The fourth-order valence-corrected chi connectivity index (χ4v) is 2.65. The van der Waals surface area contributed by atoms with Crippen LogP contribution in [0, 0.1) is 0 Å². The van der Waals surface area contributed by atoms with Gasteiger partial charge in [0, 0.05) is 0 Å². The van der Waals surface area contributed by atoms with E-state index in [0.29, 0.717) is 5.92 Å². The molecule has 1 saturated carbocycles. The molecule has 0 heterocycles. The zero-order valence-corrected chi connectivity index (χ0v) is 10.2. The number of hydrogen-bond acceptors (Lipinski definition) is 1. The Morgan fingerprint density at radius 2 is 1.69 bits per heavy atom. The van der Waals surface area contributed by atoms with Gasteiger partial charge in [-0.1, -0.05) is 37.6 Å². The summed E-state index contributed by atoms with van der Waals surface area (Å²) in [6, 6.07) is 9.11. The van der Waals surface area contributed by atoms with Crippen LogP contribution in [0.4, 0.5) is 0 Å². The van der Waals surface area contributed by atoms with E-state index in [0.717, 1.165) is 25.7 Å². The molecule has 0 unspecified atom stereocenters. The summed E-state index contributed by atoms with van der Waals surface area (Å²) >= 11 is 0. The van der Waals surface area contributed by atoms with E-state index in [4.69, 9.17) is 0 Å². The molecule has 1 N–H and O–H groups in total. The first-order valence-electron chi connectivity index (χ1n) is 6.56. The van der Waals surface area contributed by atoms with Crippen molar-refractivity contribution >= 4 is 0 Å². The molecule has 0 amide bonds. The van der Waals surface area contributed by atoms with Gasteiger partial charge in [-0.25, -0.2) is 0 Å². The van der Waals surface area contributed by atoms with Crippen LogP contribution < -0.4 is 0 Å². The van der Waals surface area contributed by atoms with Gasteiger partial charge in [-0.2, -0.15) is 0 Å². The molecule has 0 radical (unpaired) electrons. The molecule has 0 saturated heterocycles. The Hall–Kier alpha value is -0.820. The van der Waals surface area contributed by atoms with Crippen LogP contribution >= 0.6 is 0 Å². The second-order valence-corrected chi connectivity index (χ2v) is 5.00. The van der Waals surface area contributed by atoms with Crippen molar-refractivity contribution in [3.05, 3.63) is 35.4 Å². The maximum atomic E-state index is 9.49. The fraction of sp³-hybridized carbons (Fsp3) is 0.600. The van der Waals surface area contributed by atoms with Gasteiger partial charge < -0.3 is 5.11 Å². The Bertz CT molecular complexity index is 307. The monoisotopic (exact) mass is 218 g/mol. The van der Waals surface area contributed by atoms with Crippen molar-refractivity contribution in [3.8, 4) is 0 Å². The summed E-state index contributed by atoms with van der Waals surface area (Å²) in [5, 5.41) is 9.49. The summed E-state index contributed by atoms with van der Waals surface area (Å²) in [6.45, 7) is 2.22. The van der Waals surface area contributed by atoms with E-state index in [2.05, 4.69) is 31.2 Å². The molecular formula is C15H22O. The Labute approximate surface area is 98.5 Å². The van der Waals surface area contributed by atoms with E-state index >= 15 is 0 Å². The molecule has 2 rings (SSSR count). The highest BCUT2D eigenvalue weighted by Crippen LogP contribution is 2.32. The van der Waals surface area contributed by atoms with Crippen LogP contribution in [0.3, 0.4) is 0 Å². The van der Waals surface area contributed by atoms with Crippen LogP contribution in [0.25, 0.3) is 0 Å². The summed E-state index contributed by atoms with van der Waals surface area (Å²) in [6.07, 6.45) is 6.60. The number of benzene rings is 1. The molecule has 0 spiro atoms. The first-order chi connectivity index (χ1) is 7.79. The average Bonchev–Trinajstić information content (AvgIpc) is 2.32. The van der Waals surface area contributed by atoms with Crippen molar-refractivity contribution in [2.75, 3.05) is 0 Å². The molecule has 0 bridgehead atoms. The molecule has 88 valence electrons. The second kappa shape index (κ2) is 5.49. The number of aliphatic hydroxyl groups excluding tert-OH is 1. The smallest absolute Gasteiger partial charge is 0.0540 e. The van der Waals surface area contributed by atoms with Crippen LogP contribution in [-0.4, -0.2) is 11.2 Å². The maximum Gasteiger partial charge on any atom is 0.0540 e. The standard InChI is InChI=1S/C15H22O/c1-2-3-12-4-6-13(7-5-12)14-8-10-15(16)11-9-14/h4-7,14-16H,2-3,8-11H2,1H3.